The predicted octanol–water partition coefficient (Wildman–Crippen LogP) is 0.466. The second kappa shape index (κ2) is 10.1. The highest BCUT2D eigenvalue weighted by molar-refractivity contribution is 5.71. The molecule has 11 nitrogen and oxygen atoms in total. The summed E-state index contributed by atoms with van der Waals surface area (Å²) in [5.74, 6) is -0.761. The first-order valence-electron chi connectivity index (χ1n) is 8.25. The molecular formula is C16H21N5O6. The number of imidazole rings is 1. The molecule has 146 valence electrons. The molecule has 0 atom stereocenters. The summed E-state index contributed by atoms with van der Waals surface area (Å²) in [7, 11) is 0. The zero-order valence-electron chi connectivity index (χ0n) is 14.7. The van der Waals surface area contributed by atoms with Crippen molar-refractivity contribution in [1.82, 2.24) is 19.5 Å². The molecule has 0 aliphatic carbocycles. The Morgan fingerprint density at radius 1 is 1.26 bits per heavy atom. The molecule has 3 N–H and O–H groups in total. The Kier molecular flexibility index (Phi) is 7.49. The van der Waals surface area contributed by atoms with E-state index in [4.69, 9.17) is 15.2 Å². The van der Waals surface area contributed by atoms with Gasteiger partial charge >= 0.3 is 11.9 Å². The molecule has 2 aromatic rings. The Balaban J connectivity index is 1.62. The molecule has 27 heavy (non-hydrogen) atoms. The van der Waals surface area contributed by atoms with E-state index in [0.29, 0.717) is 18.5 Å². The van der Waals surface area contributed by atoms with Crippen molar-refractivity contribution in [3.8, 4) is 0 Å². The fraction of sp³-hybridized carbons (Fsp3) is 0.438. The number of hydrogen-bond donors (Lipinski definition) is 2. The van der Waals surface area contributed by atoms with E-state index in [1.54, 1.807) is 0 Å². The Morgan fingerprint density at radius 2 is 2.00 bits per heavy atom. The number of esters is 2. The number of nitrogens with two attached hydrogens (primary N) is 1. The van der Waals surface area contributed by atoms with E-state index in [9.17, 15) is 14.4 Å². The van der Waals surface area contributed by atoms with E-state index in [-0.39, 0.29) is 56.2 Å². The third kappa shape index (κ3) is 6.22. The molecule has 0 saturated carbocycles. The van der Waals surface area contributed by atoms with Crippen molar-refractivity contribution in [1.29, 1.82) is 0 Å². The van der Waals surface area contributed by atoms with Gasteiger partial charge in [-0.3, -0.25) is 23.9 Å². The average molecular weight is 379 g/mol. The number of H-pyrrole nitrogens is 1. The smallest absolute Gasteiger partial charge is 0.310 e. The average Bonchev–Trinajstić information content (AvgIpc) is 3.02. The number of nitrogens with one attached hydrogen (secondary N) is 1. The summed E-state index contributed by atoms with van der Waals surface area (Å²) in [5.41, 5.74) is 5.55. The number of aromatic nitrogens is 4. The first-order valence-corrected chi connectivity index (χ1v) is 8.25. The number of nitrogen functional groups attached to an aromatic ring is 1. The molecule has 0 aliphatic heterocycles. The summed E-state index contributed by atoms with van der Waals surface area (Å²) in [4.78, 5) is 44.6. The zero-order chi connectivity index (χ0) is 19.6. The quantitative estimate of drug-likeness (QED) is 0.322. The van der Waals surface area contributed by atoms with Gasteiger partial charge in [-0.1, -0.05) is 6.58 Å². The number of rotatable bonds is 11. The highest BCUT2D eigenvalue weighted by Crippen LogP contribution is 2.06. The fourth-order valence-electron chi connectivity index (χ4n) is 2.21. The van der Waals surface area contributed by atoms with Crippen molar-refractivity contribution < 1.29 is 23.8 Å². The molecule has 0 fully saturated rings. The predicted molar refractivity (Wildman–Crippen MR) is 94.2 cm³/mol. The van der Waals surface area contributed by atoms with Gasteiger partial charge in [0.25, 0.3) is 5.56 Å². The van der Waals surface area contributed by atoms with E-state index >= 15 is 0 Å². The summed E-state index contributed by atoms with van der Waals surface area (Å²) in [6, 6.07) is 0. The fourth-order valence-corrected chi connectivity index (χ4v) is 2.21. The summed E-state index contributed by atoms with van der Waals surface area (Å²) in [6.45, 7) is 3.61. The summed E-state index contributed by atoms with van der Waals surface area (Å²) in [6.07, 6.45) is 3.97. The van der Waals surface area contributed by atoms with Crippen LogP contribution in [0.5, 0.6) is 0 Å². The number of fused-ring (bicyclic) bond motifs is 1. The largest absolute Gasteiger partial charge is 0.463 e. The van der Waals surface area contributed by atoms with Crippen molar-refractivity contribution in [3.05, 3.63) is 29.5 Å². The standard InChI is InChI=1S/C16H21N5O6/c1-2-26-11(22)5-3-4-6-12(23)27-8-7-25-10-21-9-18-13-14(21)19-16(17)20-15(13)24/h2,9H,1,3-8,10H2,(H3,17,19,20,24). The van der Waals surface area contributed by atoms with Crippen molar-refractivity contribution in [3.63, 3.8) is 0 Å². The lowest BCUT2D eigenvalue weighted by molar-refractivity contribution is -0.146. The number of carbonyl (C=O) groups is 2. The topological polar surface area (TPSA) is 151 Å². The van der Waals surface area contributed by atoms with Gasteiger partial charge in [0.15, 0.2) is 11.2 Å². The third-order valence-corrected chi connectivity index (χ3v) is 3.44. The lowest BCUT2D eigenvalue weighted by atomic mass is 10.2. The molecule has 0 saturated heterocycles. The minimum absolute atomic E-state index is 0.0130. The van der Waals surface area contributed by atoms with Crippen molar-refractivity contribution in [2.45, 2.75) is 32.4 Å². The minimum Gasteiger partial charge on any atom is -0.463 e. The molecule has 2 rings (SSSR count). The van der Waals surface area contributed by atoms with E-state index in [1.165, 1.54) is 10.9 Å². The summed E-state index contributed by atoms with van der Waals surface area (Å²) in [5, 5.41) is 0. The van der Waals surface area contributed by atoms with Gasteiger partial charge in [0.05, 0.1) is 19.2 Å². The van der Waals surface area contributed by atoms with Crippen LogP contribution in [0.2, 0.25) is 0 Å². The van der Waals surface area contributed by atoms with Crippen LogP contribution in [-0.4, -0.2) is 44.7 Å². The summed E-state index contributed by atoms with van der Waals surface area (Å²) < 4.78 is 16.5. The highest BCUT2D eigenvalue weighted by Gasteiger charge is 2.09. The van der Waals surface area contributed by atoms with Gasteiger partial charge in [0, 0.05) is 12.8 Å². The number of aromatic amines is 1. The van der Waals surface area contributed by atoms with Gasteiger partial charge in [-0.05, 0) is 12.8 Å². The third-order valence-electron chi connectivity index (χ3n) is 3.44. The van der Waals surface area contributed by atoms with E-state index in [0.717, 1.165) is 6.26 Å². The first-order chi connectivity index (χ1) is 13.0. The number of nitrogens with zero attached hydrogens (tertiary/aromatic N) is 3. The van der Waals surface area contributed by atoms with Crippen LogP contribution in [0.1, 0.15) is 25.7 Å². The van der Waals surface area contributed by atoms with Crippen molar-refractivity contribution in [2.75, 3.05) is 18.9 Å². The van der Waals surface area contributed by atoms with Gasteiger partial charge in [-0.2, -0.15) is 4.98 Å². The van der Waals surface area contributed by atoms with Crippen LogP contribution in [0.15, 0.2) is 24.0 Å². The van der Waals surface area contributed by atoms with E-state index in [2.05, 4.69) is 26.3 Å². The van der Waals surface area contributed by atoms with Crippen LogP contribution in [0, 0.1) is 0 Å². The first kappa shape index (κ1) is 20.1. The number of unbranched alkanes of at least 4 members (excludes halogenated alkanes) is 1. The van der Waals surface area contributed by atoms with Gasteiger partial charge in [0.1, 0.15) is 13.3 Å². The number of anilines is 1. The molecule has 0 bridgehead atoms. The summed E-state index contributed by atoms with van der Waals surface area (Å²) >= 11 is 0. The lowest BCUT2D eigenvalue weighted by Crippen LogP contribution is -2.14. The molecule has 0 spiro atoms. The molecule has 0 aliphatic rings. The second-order valence-corrected chi connectivity index (χ2v) is 5.46. The van der Waals surface area contributed by atoms with Crippen LogP contribution in [0.3, 0.4) is 0 Å². The Hall–Kier alpha value is -3.21. The maximum atomic E-state index is 11.7. The van der Waals surface area contributed by atoms with Crippen LogP contribution < -0.4 is 11.3 Å². The van der Waals surface area contributed by atoms with Gasteiger partial charge < -0.3 is 19.9 Å². The number of ether oxygens (including phenoxy) is 3. The van der Waals surface area contributed by atoms with E-state index < -0.39 is 5.56 Å². The SMILES string of the molecule is C=COC(=O)CCCCC(=O)OCCOCn1cnc2c(=O)[nH]c(N)nc21. The number of carbonyl (C=O) groups excluding carboxylic acids is 2. The van der Waals surface area contributed by atoms with Crippen LogP contribution in [-0.2, 0) is 30.5 Å². The highest BCUT2D eigenvalue weighted by atomic mass is 16.6. The van der Waals surface area contributed by atoms with Crippen LogP contribution >= 0.6 is 0 Å². The van der Waals surface area contributed by atoms with Crippen molar-refractivity contribution >= 4 is 29.1 Å². The normalized spacial score (nSPS) is 10.7. The van der Waals surface area contributed by atoms with Gasteiger partial charge in [-0.15, -0.1) is 0 Å². The molecule has 0 aromatic carbocycles. The zero-order valence-corrected chi connectivity index (χ0v) is 14.7. The molecule has 0 unspecified atom stereocenters. The lowest BCUT2D eigenvalue weighted by Gasteiger charge is -2.07. The Bertz CT molecular complexity index is 859. The van der Waals surface area contributed by atoms with Gasteiger partial charge in [-0.25, -0.2) is 4.98 Å². The second-order valence-electron chi connectivity index (χ2n) is 5.46. The maximum absolute atomic E-state index is 11.7. The van der Waals surface area contributed by atoms with Crippen LogP contribution in [0.25, 0.3) is 11.2 Å². The van der Waals surface area contributed by atoms with Crippen molar-refractivity contribution in [2.24, 2.45) is 0 Å². The Morgan fingerprint density at radius 3 is 2.74 bits per heavy atom. The molecule has 0 radical (unpaired) electrons. The molecule has 2 heterocycles. The van der Waals surface area contributed by atoms with Gasteiger partial charge in [0.2, 0.25) is 5.95 Å². The van der Waals surface area contributed by atoms with E-state index in [1.807, 2.05) is 0 Å². The Labute approximate surface area is 154 Å². The monoisotopic (exact) mass is 379 g/mol. The molecule has 0 amide bonds. The molecule has 11 heteroatoms. The number of hydrogen-bond acceptors (Lipinski definition) is 9. The minimum atomic E-state index is -0.428. The maximum Gasteiger partial charge on any atom is 0.310 e. The molecule has 2 aromatic heterocycles. The molecular weight excluding hydrogens is 358 g/mol. The van der Waals surface area contributed by atoms with Crippen LogP contribution in [0.4, 0.5) is 5.95 Å².